The van der Waals surface area contributed by atoms with Crippen LogP contribution in [0.1, 0.15) is 5.56 Å². The summed E-state index contributed by atoms with van der Waals surface area (Å²) in [6.07, 6.45) is 2.81. The van der Waals surface area contributed by atoms with Crippen molar-refractivity contribution in [3.63, 3.8) is 0 Å². The molecule has 0 saturated carbocycles. The van der Waals surface area contributed by atoms with Crippen LogP contribution in [0.5, 0.6) is 0 Å². The number of halogens is 1. The lowest BCUT2D eigenvalue weighted by Crippen LogP contribution is -2.15. The topological polar surface area (TPSA) is 56.7 Å². The molecule has 0 radical (unpaired) electrons. The normalized spacial score (nSPS) is 10.2. The van der Waals surface area contributed by atoms with E-state index in [1.807, 2.05) is 0 Å². The molecule has 0 atom stereocenters. The average Bonchev–Trinajstić information content (AvgIpc) is 2.69. The fourth-order valence-corrected chi connectivity index (χ4v) is 1.48. The van der Waals surface area contributed by atoms with E-state index in [-0.39, 0.29) is 10.6 Å². The highest BCUT2D eigenvalue weighted by atomic mass is 32.1. The maximum absolute atomic E-state index is 13.5. The van der Waals surface area contributed by atoms with Crippen LogP contribution in [0.2, 0.25) is 0 Å². The smallest absolute Gasteiger partial charge is 0.138 e. The van der Waals surface area contributed by atoms with Crippen LogP contribution in [0.4, 0.5) is 4.39 Å². The molecule has 0 fully saturated rings. The zero-order valence-electron chi connectivity index (χ0n) is 7.59. The molecular formula is C9H7FN4S. The molecule has 0 aliphatic heterocycles. The van der Waals surface area contributed by atoms with E-state index >= 15 is 0 Å². The van der Waals surface area contributed by atoms with Gasteiger partial charge in [-0.3, -0.25) is 0 Å². The summed E-state index contributed by atoms with van der Waals surface area (Å²) >= 11 is 4.79. The zero-order chi connectivity index (χ0) is 10.8. The second kappa shape index (κ2) is 3.74. The van der Waals surface area contributed by atoms with Gasteiger partial charge in [0.1, 0.15) is 23.5 Å². The number of benzene rings is 1. The highest BCUT2D eigenvalue weighted by molar-refractivity contribution is 7.80. The number of hydrogen-bond donors (Lipinski definition) is 1. The average molecular weight is 222 g/mol. The monoisotopic (exact) mass is 222 g/mol. The van der Waals surface area contributed by atoms with Gasteiger partial charge in [0.2, 0.25) is 0 Å². The van der Waals surface area contributed by atoms with Crippen LogP contribution in [0.15, 0.2) is 30.9 Å². The summed E-state index contributed by atoms with van der Waals surface area (Å²) in [6, 6.07) is 4.54. The first-order valence-electron chi connectivity index (χ1n) is 4.13. The van der Waals surface area contributed by atoms with E-state index in [1.165, 1.54) is 23.4 Å². The van der Waals surface area contributed by atoms with Crippen LogP contribution < -0.4 is 5.73 Å². The van der Waals surface area contributed by atoms with Gasteiger partial charge in [-0.25, -0.2) is 14.1 Å². The Bertz CT molecular complexity index is 495. The predicted molar refractivity (Wildman–Crippen MR) is 57.2 cm³/mol. The minimum atomic E-state index is -0.462. The summed E-state index contributed by atoms with van der Waals surface area (Å²) in [4.78, 5) is 3.77. The van der Waals surface area contributed by atoms with Gasteiger partial charge in [0.05, 0.1) is 11.3 Å². The first kappa shape index (κ1) is 9.72. The standard InChI is InChI=1S/C9H7FN4S/c10-6-2-1-3-7(8(6)9(11)15)14-5-12-4-13-14/h1-5H,(H2,11,15). The molecule has 0 aliphatic carbocycles. The fraction of sp³-hybridized carbons (Fsp3) is 0. The molecule has 0 saturated heterocycles. The highest BCUT2D eigenvalue weighted by Gasteiger charge is 2.12. The third kappa shape index (κ3) is 1.71. The maximum atomic E-state index is 13.5. The van der Waals surface area contributed by atoms with Crippen molar-refractivity contribution in [2.75, 3.05) is 0 Å². The van der Waals surface area contributed by atoms with Gasteiger partial charge < -0.3 is 5.73 Å². The minimum Gasteiger partial charge on any atom is -0.389 e. The molecule has 6 heteroatoms. The van der Waals surface area contributed by atoms with Crippen LogP contribution >= 0.6 is 12.2 Å². The Kier molecular flexibility index (Phi) is 2.42. The Labute approximate surface area is 90.5 Å². The maximum Gasteiger partial charge on any atom is 0.138 e. The van der Waals surface area contributed by atoms with Gasteiger partial charge in [-0.1, -0.05) is 18.3 Å². The van der Waals surface area contributed by atoms with Crippen molar-refractivity contribution < 1.29 is 4.39 Å². The van der Waals surface area contributed by atoms with Crippen molar-refractivity contribution >= 4 is 17.2 Å². The summed E-state index contributed by atoms with van der Waals surface area (Å²) < 4.78 is 14.9. The van der Waals surface area contributed by atoms with Gasteiger partial charge in [-0.15, -0.1) is 0 Å². The number of nitrogens with two attached hydrogens (primary N) is 1. The molecule has 1 heterocycles. The summed E-state index contributed by atoms with van der Waals surface area (Å²) in [5, 5.41) is 3.89. The molecule has 0 aliphatic rings. The van der Waals surface area contributed by atoms with E-state index in [0.717, 1.165) is 0 Å². The number of thiocarbonyl (C=S) groups is 1. The van der Waals surface area contributed by atoms with E-state index in [0.29, 0.717) is 5.69 Å². The molecule has 76 valence electrons. The van der Waals surface area contributed by atoms with Gasteiger partial charge in [-0.05, 0) is 12.1 Å². The van der Waals surface area contributed by atoms with E-state index in [2.05, 4.69) is 10.1 Å². The predicted octanol–water partition coefficient (Wildman–Crippen LogP) is 1.04. The Hall–Kier alpha value is -1.82. The zero-order valence-corrected chi connectivity index (χ0v) is 8.41. The summed E-state index contributed by atoms with van der Waals surface area (Å²) in [5.41, 5.74) is 6.12. The molecule has 1 aromatic carbocycles. The number of hydrogen-bond acceptors (Lipinski definition) is 3. The molecular weight excluding hydrogens is 215 g/mol. The lowest BCUT2D eigenvalue weighted by atomic mass is 10.1. The molecule has 4 nitrogen and oxygen atoms in total. The fourth-order valence-electron chi connectivity index (χ4n) is 1.28. The minimum absolute atomic E-state index is 0.00130. The van der Waals surface area contributed by atoms with Crippen LogP contribution in [0.3, 0.4) is 0 Å². The van der Waals surface area contributed by atoms with Gasteiger partial charge >= 0.3 is 0 Å². The molecule has 0 unspecified atom stereocenters. The summed E-state index contributed by atoms with van der Waals surface area (Å²) in [6.45, 7) is 0. The van der Waals surface area contributed by atoms with Crippen molar-refractivity contribution in [3.8, 4) is 5.69 Å². The van der Waals surface area contributed by atoms with E-state index in [1.54, 1.807) is 12.1 Å². The first-order valence-corrected chi connectivity index (χ1v) is 4.54. The highest BCUT2D eigenvalue weighted by Crippen LogP contribution is 2.16. The molecule has 0 amide bonds. The molecule has 1 aromatic heterocycles. The lowest BCUT2D eigenvalue weighted by Gasteiger charge is -2.07. The molecule has 2 N–H and O–H groups in total. The van der Waals surface area contributed by atoms with Crippen LogP contribution in [0.25, 0.3) is 5.69 Å². The van der Waals surface area contributed by atoms with Crippen molar-refractivity contribution in [2.45, 2.75) is 0 Å². The van der Waals surface area contributed by atoms with Crippen LogP contribution in [0, 0.1) is 5.82 Å². The Balaban J connectivity index is 2.66. The molecule has 2 aromatic rings. The second-order valence-corrected chi connectivity index (χ2v) is 3.28. The van der Waals surface area contributed by atoms with Crippen molar-refractivity contribution in [1.82, 2.24) is 14.8 Å². The van der Waals surface area contributed by atoms with Gasteiger partial charge in [0, 0.05) is 0 Å². The van der Waals surface area contributed by atoms with Crippen LogP contribution in [-0.4, -0.2) is 19.8 Å². The lowest BCUT2D eigenvalue weighted by molar-refractivity contribution is 0.623. The Morgan fingerprint density at radius 2 is 2.27 bits per heavy atom. The van der Waals surface area contributed by atoms with Crippen molar-refractivity contribution in [2.24, 2.45) is 5.73 Å². The van der Waals surface area contributed by atoms with Crippen LogP contribution in [-0.2, 0) is 0 Å². The Morgan fingerprint density at radius 1 is 1.47 bits per heavy atom. The molecule has 0 bridgehead atoms. The van der Waals surface area contributed by atoms with E-state index in [4.69, 9.17) is 18.0 Å². The van der Waals surface area contributed by atoms with Gasteiger partial charge in [0.15, 0.2) is 0 Å². The summed E-state index contributed by atoms with van der Waals surface area (Å²) in [7, 11) is 0. The Morgan fingerprint density at radius 3 is 2.87 bits per heavy atom. The third-order valence-corrected chi connectivity index (χ3v) is 2.11. The van der Waals surface area contributed by atoms with E-state index < -0.39 is 5.82 Å². The van der Waals surface area contributed by atoms with Crippen molar-refractivity contribution in [3.05, 3.63) is 42.2 Å². The number of aromatic nitrogens is 3. The molecule has 0 spiro atoms. The van der Waals surface area contributed by atoms with Gasteiger partial charge in [-0.2, -0.15) is 5.10 Å². The molecule has 2 rings (SSSR count). The SMILES string of the molecule is NC(=S)c1c(F)cccc1-n1cncn1. The molecule has 15 heavy (non-hydrogen) atoms. The third-order valence-electron chi connectivity index (χ3n) is 1.90. The second-order valence-electron chi connectivity index (χ2n) is 2.84. The number of rotatable bonds is 2. The first-order chi connectivity index (χ1) is 7.20. The number of nitrogens with zero attached hydrogens (tertiary/aromatic N) is 3. The van der Waals surface area contributed by atoms with Gasteiger partial charge in [0.25, 0.3) is 0 Å². The quantitative estimate of drug-likeness (QED) is 0.771. The van der Waals surface area contributed by atoms with E-state index in [9.17, 15) is 4.39 Å². The van der Waals surface area contributed by atoms with Crippen molar-refractivity contribution in [1.29, 1.82) is 0 Å². The largest absolute Gasteiger partial charge is 0.389 e. The summed E-state index contributed by atoms with van der Waals surface area (Å²) in [5.74, 6) is -0.462.